The average Bonchev–Trinajstić information content (AvgIpc) is 2.82. The van der Waals surface area contributed by atoms with Crippen LogP contribution in [0, 0.1) is 6.92 Å². The highest BCUT2D eigenvalue weighted by molar-refractivity contribution is 5.97. The Kier molecular flexibility index (Phi) is 9.09. The fourth-order valence-corrected chi connectivity index (χ4v) is 4.51. The number of phenolic OH excluding ortho intramolecular Hbond substituents is 3. The molecule has 0 bridgehead atoms. The first-order valence-corrected chi connectivity index (χ1v) is 11.7. The van der Waals surface area contributed by atoms with Gasteiger partial charge in [-0.2, -0.15) is 0 Å². The van der Waals surface area contributed by atoms with Crippen molar-refractivity contribution in [3.63, 3.8) is 0 Å². The molecule has 0 saturated carbocycles. The van der Waals surface area contributed by atoms with E-state index in [0.717, 1.165) is 22.3 Å². The molecule has 3 aromatic rings. The van der Waals surface area contributed by atoms with E-state index in [2.05, 4.69) is 0 Å². The lowest BCUT2D eigenvalue weighted by Gasteiger charge is -2.16. The molecule has 7 heteroatoms. The quantitative estimate of drug-likeness (QED) is 0.324. The molecule has 7 nitrogen and oxygen atoms in total. The van der Waals surface area contributed by atoms with Crippen molar-refractivity contribution < 1.29 is 34.3 Å². The Morgan fingerprint density at radius 3 is 1.44 bits per heavy atom. The van der Waals surface area contributed by atoms with Crippen LogP contribution in [0.1, 0.15) is 61.8 Å². The van der Waals surface area contributed by atoms with Crippen molar-refractivity contribution in [2.45, 2.75) is 46.5 Å². The maximum atomic E-state index is 12.1. The SMILES string of the molecule is COCc1cc(Cc2cc(C)cc(Cc3cc(COC)c(O)c(C(C)=O)c3)c2O)cc(COC)c1O. The van der Waals surface area contributed by atoms with Gasteiger partial charge in [0.15, 0.2) is 5.78 Å². The van der Waals surface area contributed by atoms with E-state index in [9.17, 15) is 20.1 Å². The smallest absolute Gasteiger partial charge is 0.163 e. The van der Waals surface area contributed by atoms with Gasteiger partial charge in [-0.1, -0.05) is 17.7 Å². The van der Waals surface area contributed by atoms with Crippen LogP contribution in [0.2, 0.25) is 0 Å². The minimum absolute atomic E-state index is 0.0756. The number of rotatable bonds is 11. The van der Waals surface area contributed by atoms with Gasteiger partial charge in [0, 0.05) is 50.9 Å². The molecular weight excluding hydrogens is 460 g/mol. The Hall–Kier alpha value is -3.39. The third-order valence-electron chi connectivity index (χ3n) is 6.06. The van der Waals surface area contributed by atoms with Crippen LogP contribution >= 0.6 is 0 Å². The van der Waals surface area contributed by atoms with Crippen LogP contribution in [0.25, 0.3) is 0 Å². The largest absolute Gasteiger partial charge is 0.507 e. The molecule has 0 heterocycles. The van der Waals surface area contributed by atoms with Gasteiger partial charge in [-0.05, 0) is 60.4 Å². The summed E-state index contributed by atoms with van der Waals surface area (Å²) >= 11 is 0. The van der Waals surface area contributed by atoms with Crippen molar-refractivity contribution >= 4 is 5.78 Å². The maximum absolute atomic E-state index is 12.1. The maximum Gasteiger partial charge on any atom is 0.163 e. The summed E-state index contributed by atoms with van der Waals surface area (Å²) in [4.78, 5) is 12.1. The number of aromatic hydroxyl groups is 3. The molecule has 0 amide bonds. The first kappa shape index (κ1) is 27.2. The van der Waals surface area contributed by atoms with Crippen molar-refractivity contribution in [1.29, 1.82) is 0 Å². The molecule has 0 aliphatic rings. The van der Waals surface area contributed by atoms with Gasteiger partial charge in [-0.3, -0.25) is 4.79 Å². The van der Waals surface area contributed by atoms with E-state index in [0.29, 0.717) is 35.1 Å². The number of hydrogen-bond donors (Lipinski definition) is 3. The molecule has 0 aromatic heterocycles. The molecule has 3 aromatic carbocycles. The van der Waals surface area contributed by atoms with Gasteiger partial charge in [0.25, 0.3) is 0 Å². The standard InChI is InChI=1S/C29H34O7/c1-17-6-21(8-19-10-23(14-34-3)28(32)24(11-19)15-35-4)27(31)22(7-17)9-20-12-25(16-36-5)29(33)26(13-20)18(2)30/h6-7,10-13,31-33H,8-9,14-16H2,1-5H3. The van der Waals surface area contributed by atoms with Crippen molar-refractivity contribution in [2.24, 2.45) is 0 Å². The van der Waals surface area contributed by atoms with Crippen molar-refractivity contribution in [3.05, 3.63) is 86.5 Å². The summed E-state index contributed by atoms with van der Waals surface area (Å²) in [5, 5.41) is 32.2. The zero-order valence-electron chi connectivity index (χ0n) is 21.5. The number of ether oxygens (including phenoxy) is 3. The predicted octanol–water partition coefficient (Wildman–Crippen LogP) is 4.94. The Balaban J connectivity index is 2.01. The van der Waals surface area contributed by atoms with Crippen LogP contribution in [-0.4, -0.2) is 42.4 Å². The van der Waals surface area contributed by atoms with Crippen molar-refractivity contribution in [2.75, 3.05) is 21.3 Å². The lowest BCUT2D eigenvalue weighted by Crippen LogP contribution is -2.03. The summed E-state index contributed by atoms with van der Waals surface area (Å²) in [7, 11) is 4.66. The fraction of sp³-hybridized carbons (Fsp3) is 0.345. The number of carbonyl (C=O) groups excluding carboxylic acids is 1. The van der Waals surface area contributed by atoms with E-state index in [1.54, 1.807) is 26.4 Å². The summed E-state index contributed by atoms with van der Waals surface area (Å²) in [5.74, 6) is -0.00158. The number of benzene rings is 3. The Morgan fingerprint density at radius 1 is 0.639 bits per heavy atom. The van der Waals surface area contributed by atoms with Crippen LogP contribution in [0.5, 0.6) is 17.2 Å². The van der Waals surface area contributed by atoms with E-state index in [4.69, 9.17) is 14.2 Å². The molecule has 0 spiro atoms. The van der Waals surface area contributed by atoms with Gasteiger partial charge >= 0.3 is 0 Å². The summed E-state index contributed by atoms with van der Waals surface area (Å²) in [6.07, 6.45) is 0.814. The number of phenols is 3. The third kappa shape index (κ3) is 6.23. The molecule has 0 saturated heterocycles. The molecule has 0 aliphatic carbocycles. The number of ketones is 1. The number of aryl methyl sites for hydroxylation is 1. The Labute approximate surface area is 211 Å². The van der Waals surface area contributed by atoms with Crippen LogP contribution in [0.15, 0.2) is 36.4 Å². The van der Waals surface area contributed by atoms with Gasteiger partial charge in [0.05, 0.1) is 25.4 Å². The van der Waals surface area contributed by atoms with E-state index < -0.39 is 0 Å². The first-order chi connectivity index (χ1) is 17.2. The molecule has 0 fully saturated rings. The van der Waals surface area contributed by atoms with Crippen LogP contribution in [0.3, 0.4) is 0 Å². The summed E-state index contributed by atoms with van der Waals surface area (Å²) in [6, 6.07) is 11.0. The molecule has 0 unspecified atom stereocenters. The van der Waals surface area contributed by atoms with Gasteiger partial charge in [-0.15, -0.1) is 0 Å². The first-order valence-electron chi connectivity index (χ1n) is 11.7. The third-order valence-corrected chi connectivity index (χ3v) is 6.06. The number of Topliss-reactive ketones (excluding diaryl/α,β-unsaturated/α-hetero) is 1. The van der Waals surface area contributed by atoms with E-state index >= 15 is 0 Å². The van der Waals surface area contributed by atoms with Gasteiger partial charge in [0.1, 0.15) is 17.2 Å². The average molecular weight is 495 g/mol. The van der Waals surface area contributed by atoms with Crippen LogP contribution in [0.4, 0.5) is 0 Å². The van der Waals surface area contributed by atoms with Crippen LogP contribution in [-0.2, 0) is 46.9 Å². The molecule has 0 radical (unpaired) electrons. The van der Waals surface area contributed by atoms with Crippen LogP contribution < -0.4 is 0 Å². The molecule has 0 aliphatic heterocycles. The minimum atomic E-state index is -0.244. The lowest BCUT2D eigenvalue weighted by molar-refractivity contribution is 0.101. The van der Waals surface area contributed by atoms with Gasteiger partial charge < -0.3 is 29.5 Å². The summed E-state index contributed by atoms with van der Waals surface area (Å²) in [6.45, 7) is 4.05. The second-order valence-electron chi connectivity index (χ2n) is 9.05. The summed E-state index contributed by atoms with van der Waals surface area (Å²) in [5.41, 5.74) is 6.18. The second kappa shape index (κ2) is 12.0. The highest BCUT2D eigenvalue weighted by atomic mass is 16.5. The zero-order chi connectivity index (χ0) is 26.4. The molecule has 0 atom stereocenters. The van der Waals surface area contributed by atoms with Gasteiger partial charge in [0.2, 0.25) is 0 Å². The molecule has 3 rings (SSSR count). The normalized spacial score (nSPS) is 11.1. The molecule has 3 N–H and O–H groups in total. The van der Waals surface area contributed by atoms with E-state index in [1.165, 1.54) is 14.0 Å². The summed E-state index contributed by atoms with van der Waals surface area (Å²) < 4.78 is 15.7. The van der Waals surface area contributed by atoms with Gasteiger partial charge in [-0.25, -0.2) is 0 Å². The fourth-order valence-electron chi connectivity index (χ4n) is 4.51. The highest BCUT2D eigenvalue weighted by Crippen LogP contribution is 2.33. The molecule has 192 valence electrons. The monoisotopic (exact) mass is 494 g/mol. The lowest BCUT2D eigenvalue weighted by atomic mass is 9.92. The number of hydrogen-bond acceptors (Lipinski definition) is 7. The Morgan fingerprint density at radius 2 is 1.03 bits per heavy atom. The Bertz CT molecular complexity index is 1220. The number of carbonyl (C=O) groups is 1. The second-order valence-corrected chi connectivity index (χ2v) is 9.05. The van der Waals surface area contributed by atoms with Crippen molar-refractivity contribution in [1.82, 2.24) is 0 Å². The van der Waals surface area contributed by atoms with E-state index in [1.807, 2.05) is 31.2 Å². The predicted molar refractivity (Wildman–Crippen MR) is 137 cm³/mol. The molecular formula is C29H34O7. The minimum Gasteiger partial charge on any atom is -0.507 e. The van der Waals surface area contributed by atoms with E-state index in [-0.39, 0.29) is 48.4 Å². The number of methoxy groups -OCH3 is 3. The highest BCUT2D eigenvalue weighted by Gasteiger charge is 2.17. The zero-order valence-corrected chi connectivity index (χ0v) is 21.5. The topological polar surface area (TPSA) is 105 Å². The molecule has 36 heavy (non-hydrogen) atoms. The van der Waals surface area contributed by atoms with Crippen molar-refractivity contribution in [3.8, 4) is 17.2 Å².